The lowest BCUT2D eigenvalue weighted by molar-refractivity contribution is 0.422. The van der Waals surface area contributed by atoms with Crippen LogP contribution in [-0.2, 0) is 14.9 Å². The van der Waals surface area contributed by atoms with E-state index in [0.29, 0.717) is 12.0 Å². The Hall–Kier alpha value is -0.940. The topological polar surface area (TPSA) is 54.4 Å². The molecule has 1 aromatic carbocycles. The molecule has 0 aliphatic rings. The van der Waals surface area contributed by atoms with Crippen molar-refractivity contribution in [2.24, 2.45) is 0 Å². The molecule has 0 bridgehead atoms. The highest BCUT2D eigenvalue weighted by molar-refractivity contribution is 7.86. The van der Waals surface area contributed by atoms with E-state index in [4.69, 9.17) is 0 Å². The Morgan fingerprint density at radius 2 is 1.81 bits per heavy atom. The van der Waals surface area contributed by atoms with Gasteiger partial charge in [0.05, 0.1) is 0 Å². The van der Waals surface area contributed by atoms with Crippen LogP contribution in [-0.4, -0.2) is 13.0 Å². The van der Waals surface area contributed by atoms with E-state index in [1.807, 2.05) is 6.92 Å². The van der Waals surface area contributed by atoms with Gasteiger partial charge in [-0.05, 0) is 31.0 Å². The number of rotatable bonds is 4. The summed E-state index contributed by atoms with van der Waals surface area (Å²) in [4.78, 5) is 0. The summed E-state index contributed by atoms with van der Waals surface area (Å²) in [6.07, 6.45) is 0.894. The lowest BCUT2D eigenvalue weighted by Gasteiger charge is -2.26. The van der Waals surface area contributed by atoms with Crippen molar-refractivity contribution < 1.29 is 17.4 Å². The molecule has 0 aliphatic carbocycles. The van der Waals surface area contributed by atoms with Gasteiger partial charge < -0.3 is 0 Å². The quantitative estimate of drug-likeness (QED) is 0.831. The summed E-state index contributed by atoms with van der Waals surface area (Å²) >= 11 is 0. The maximum absolute atomic E-state index is 12.7. The fourth-order valence-electron chi connectivity index (χ4n) is 1.70. The highest BCUT2D eigenvalue weighted by Crippen LogP contribution is 2.34. The smallest absolute Gasteiger partial charge is 0.274 e. The zero-order valence-electron chi connectivity index (χ0n) is 9.27. The maximum Gasteiger partial charge on any atom is 0.274 e. The lowest BCUT2D eigenvalue weighted by atomic mass is 9.95. The minimum atomic E-state index is -4.21. The molecule has 16 heavy (non-hydrogen) atoms. The summed E-state index contributed by atoms with van der Waals surface area (Å²) in [6.45, 7) is 3.27. The van der Waals surface area contributed by atoms with Crippen molar-refractivity contribution in [1.29, 1.82) is 0 Å². The van der Waals surface area contributed by atoms with Crippen LogP contribution in [0.15, 0.2) is 24.3 Å². The number of benzene rings is 1. The first-order valence-electron chi connectivity index (χ1n) is 5.04. The molecule has 0 aliphatic heterocycles. The Labute approximate surface area is 95.1 Å². The lowest BCUT2D eigenvalue weighted by Crippen LogP contribution is -2.32. The Bertz CT molecular complexity index is 453. The summed E-state index contributed by atoms with van der Waals surface area (Å²) in [5, 5.41) is 0. The monoisotopic (exact) mass is 246 g/mol. The third-order valence-electron chi connectivity index (χ3n) is 2.75. The van der Waals surface area contributed by atoms with Crippen LogP contribution in [0.25, 0.3) is 0 Å². The average Bonchev–Trinajstić information content (AvgIpc) is 2.17. The highest BCUT2D eigenvalue weighted by atomic mass is 32.2. The van der Waals surface area contributed by atoms with Crippen LogP contribution in [0.4, 0.5) is 4.39 Å². The van der Waals surface area contributed by atoms with Gasteiger partial charge in [-0.2, -0.15) is 8.42 Å². The second kappa shape index (κ2) is 4.51. The van der Waals surface area contributed by atoms with E-state index in [1.165, 1.54) is 31.2 Å². The van der Waals surface area contributed by atoms with E-state index in [9.17, 15) is 17.4 Å². The normalized spacial score (nSPS) is 15.8. The van der Waals surface area contributed by atoms with Crippen molar-refractivity contribution in [2.45, 2.75) is 31.4 Å². The van der Waals surface area contributed by atoms with Gasteiger partial charge in [-0.25, -0.2) is 4.39 Å². The molecule has 0 spiro atoms. The molecule has 0 saturated carbocycles. The minimum absolute atomic E-state index is 0.289. The fourth-order valence-corrected chi connectivity index (χ4v) is 2.60. The summed E-state index contributed by atoms with van der Waals surface area (Å²) < 4.78 is 43.4. The van der Waals surface area contributed by atoms with Gasteiger partial charge in [0.2, 0.25) is 0 Å². The zero-order valence-corrected chi connectivity index (χ0v) is 10.1. The number of hydrogen-bond acceptors (Lipinski definition) is 2. The first-order chi connectivity index (χ1) is 7.31. The van der Waals surface area contributed by atoms with Crippen molar-refractivity contribution in [3.63, 3.8) is 0 Å². The highest BCUT2D eigenvalue weighted by Gasteiger charge is 2.38. The molecule has 1 unspecified atom stereocenters. The molecular formula is C11H15FO3S. The van der Waals surface area contributed by atoms with Gasteiger partial charge in [-0.3, -0.25) is 4.55 Å². The summed E-state index contributed by atoms with van der Waals surface area (Å²) in [5.74, 6) is -0.432. The largest absolute Gasteiger partial charge is 0.285 e. The molecule has 0 saturated heterocycles. The third kappa shape index (κ3) is 2.41. The van der Waals surface area contributed by atoms with E-state index in [-0.39, 0.29) is 6.42 Å². The first-order valence-corrected chi connectivity index (χ1v) is 6.48. The van der Waals surface area contributed by atoms with Gasteiger partial charge in [0, 0.05) is 0 Å². The molecule has 1 aromatic rings. The van der Waals surface area contributed by atoms with Crippen LogP contribution in [0.3, 0.4) is 0 Å². The van der Waals surface area contributed by atoms with E-state index in [2.05, 4.69) is 0 Å². The van der Waals surface area contributed by atoms with E-state index < -0.39 is 20.7 Å². The Morgan fingerprint density at radius 1 is 1.31 bits per heavy atom. The Balaban J connectivity index is 3.27. The van der Waals surface area contributed by atoms with Crippen molar-refractivity contribution in [3.8, 4) is 0 Å². The second-order valence-electron chi connectivity index (χ2n) is 3.96. The molecule has 1 N–H and O–H groups in total. The van der Waals surface area contributed by atoms with Crippen LogP contribution < -0.4 is 0 Å². The third-order valence-corrected chi connectivity index (χ3v) is 4.33. The van der Waals surface area contributed by atoms with Gasteiger partial charge >= 0.3 is 0 Å². The Kier molecular flexibility index (Phi) is 3.70. The van der Waals surface area contributed by atoms with Crippen LogP contribution in [0.2, 0.25) is 0 Å². The maximum atomic E-state index is 12.7. The summed E-state index contributed by atoms with van der Waals surface area (Å²) in [6, 6.07) is 5.15. The molecule has 1 atom stereocenters. The average molecular weight is 246 g/mol. The Morgan fingerprint density at radius 3 is 2.19 bits per heavy atom. The second-order valence-corrected chi connectivity index (χ2v) is 5.81. The standard InChI is InChI=1S/C11H15FO3S/c1-3-8-11(2,16(13,14)15)9-4-6-10(12)7-5-9/h4-7H,3,8H2,1-2H3,(H,13,14,15). The van der Waals surface area contributed by atoms with E-state index >= 15 is 0 Å². The SMILES string of the molecule is CCCC(C)(c1ccc(F)cc1)S(=O)(=O)O. The molecule has 0 radical (unpaired) electrons. The molecule has 0 aromatic heterocycles. The number of halogens is 1. The summed E-state index contributed by atoms with van der Waals surface area (Å²) in [5.41, 5.74) is 0.401. The zero-order chi connectivity index (χ0) is 12.4. The predicted octanol–water partition coefficient (Wildman–Crippen LogP) is 2.73. The molecule has 0 amide bonds. The van der Waals surface area contributed by atoms with Crippen LogP contribution in [0.1, 0.15) is 32.3 Å². The van der Waals surface area contributed by atoms with E-state index in [0.717, 1.165) is 0 Å². The van der Waals surface area contributed by atoms with Gasteiger partial charge in [0.25, 0.3) is 10.1 Å². The molecule has 1 rings (SSSR count). The fraction of sp³-hybridized carbons (Fsp3) is 0.455. The van der Waals surface area contributed by atoms with Gasteiger partial charge in [0.15, 0.2) is 0 Å². The van der Waals surface area contributed by atoms with Gasteiger partial charge in [0.1, 0.15) is 10.6 Å². The van der Waals surface area contributed by atoms with Gasteiger partial charge in [-0.15, -0.1) is 0 Å². The van der Waals surface area contributed by atoms with Crippen molar-refractivity contribution in [1.82, 2.24) is 0 Å². The van der Waals surface area contributed by atoms with Crippen LogP contribution >= 0.6 is 0 Å². The molecule has 0 heterocycles. The van der Waals surface area contributed by atoms with Gasteiger partial charge in [-0.1, -0.05) is 25.5 Å². The minimum Gasteiger partial charge on any atom is -0.285 e. The van der Waals surface area contributed by atoms with E-state index in [1.54, 1.807) is 0 Å². The molecule has 3 nitrogen and oxygen atoms in total. The number of hydrogen-bond donors (Lipinski definition) is 1. The van der Waals surface area contributed by atoms with Crippen molar-refractivity contribution in [2.75, 3.05) is 0 Å². The predicted molar refractivity (Wildman–Crippen MR) is 60.2 cm³/mol. The first kappa shape index (κ1) is 13.1. The molecule has 90 valence electrons. The molecule has 0 fully saturated rings. The van der Waals surface area contributed by atoms with Crippen LogP contribution in [0, 0.1) is 5.82 Å². The van der Waals surface area contributed by atoms with Crippen molar-refractivity contribution >= 4 is 10.1 Å². The summed E-state index contributed by atoms with van der Waals surface area (Å²) in [7, 11) is -4.21. The molecule has 5 heteroatoms. The molecular weight excluding hydrogens is 231 g/mol. The van der Waals surface area contributed by atoms with Crippen LogP contribution in [0.5, 0.6) is 0 Å². The van der Waals surface area contributed by atoms with Crippen molar-refractivity contribution in [3.05, 3.63) is 35.6 Å².